The van der Waals surface area contributed by atoms with E-state index in [0.29, 0.717) is 41.7 Å². The van der Waals surface area contributed by atoms with Gasteiger partial charge in [0.2, 0.25) is 0 Å². The summed E-state index contributed by atoms with van der Waals surface area (Å²) >= 11 is 22.6. The van der Waals surface area contributed by atoms with Crippen molar-refractivity contribution in [3.63, 3.8) is 0 Å². The fourth-order valence-electron chi connectivity index (χ4n) is 8.12. The summed E-state index contributed by atoms with van der Waals surface area (Å²) in [6, 6.07) is 16.3. The van der Waals surface area contributed by atoms with Gasteiger partial charge in [0.1, 0.15) is 72.0 Å². The van der Waals surface area contributed by atoms with Crippen molar-refractivity contribution in [1.82, 2.24) is 24.9 Å². The predicted molar refractivity (Wildman–Crippen MR) is 361 cm³/mol. The van der Waals surface area contributed by atoms with Gasteiger partial charge in [0.25, 0.3) is 28.8 Å². The molecule has 0 unspecified atom stereocenters. The third kappa shape index (κ3) is 23.6. The van der Waals surface area contributed by atoms with Crippen LogP contribution in [0.5, 0.6) is 34.5 Å². The molecule has 0 fully saturated rings. The van der Waals surface area contributed by atoms with Gasteiger partial charge in [-0.25, -0.2) is 22.5 Å². The first-order valence-electron chi connectivity index (χ1n) is 26.8. The molecule has 0 atom stereocenters. The number of aliphatic hydroxyl groups excluding tert-OH is 1. The van der Waals surface area contributed by atoms with Crippen molar-refractivity contribution in [2.75, 3.05) is 24.3 Å². The first-order chi connectivity index (χ1) is 45.9. The number of halogens is 18. The summed E-state index contributed by atoms with van der Waals surface area (Å²) < 4.78 is 183. The van der Waals surface area contributed by atoms with Crippen LogP contribution in [0.4, 0.5) is 64.1 Å². The van der Waals surface area contributed by atoms with Crippen molar-refractivity contribution in [1.29, 1.82) is 0 Å². The van der Waals surface area contributed by atoms with Gasteiger partial charge in [-0.15, -0.1) is 0 Å². The molecule has 2 aromatic heterocycles. The molecule has 536 valence electrons. The molecular weight excluding hydrogens is 1760 g/mol. The molecule has 0 spiro atoms. The number of aliphatic hydroxyl groups is 1. The van der Waals surface area contributed by atoms with E-state index in [0.717, 1.165) is 89.9 Å². The number of nitrogens with one attached hydrogen (secondary N) is 3. The van der Waals surface area contributed by atoms with Crippen LogP contribution in [-0.4, -0.2) is 68.0 Å². The Bertz CT molecular complexity index is 4530. The van der Waals surface area contributed by atoms with Gasteiger partial charge in [-0.1, -0.05) is 49.7 Å². The number of ether oxygens (including phenoxy) is 4. The molecule has 0 saturated carbocycles. The number of amides is 3. The summed E-state index contributed by atoms with van der Waals surface area (Å²) in [7, 11) is 1.36. The molecule has 8 aromatic rings. The molecule has 1 aliphatic heterocycles. The molecule has 6 aromatic carbocycles. The molecule has 0 aliphatic carbocycles. The van der Waals surface area contributed by atoms with Crippen LogP contribution in [0.2, 0.25) is 15.1 Å². The van der Waals surface area contributed by atoms with Crippen LogP contribution in [0, 0.1) is 38.2 Å². The normalized spacial score (nSPS) is 11.7. The van der Waals surface area contributed by atoms with Crippen molar-refractivity contribution >= 4 is 113 Å². The third-order valence-electron chi connectivity index (χ3n) is 12.6. The Hall–Kier alpha value is -7.89. The molecule has 0 bridgehead atoms. The number of aromatic nitrogens is 4. The zero-order chi connectivity index (χ0) is 72.7. The number of methoxy groups -OCH3 is 1. The van der Waals surface area contributed by atoms with Crippen molar-refractivity contribution in [3.8, 4) is 34.5 Å². The minimum atomic E-state index is -4.83. The summed E-state index contributed by atoms with van der Waals surface area (Å²) in [5, 5.41) is 21.3. The average molecular weight is 1810 g/mol. The zero-order valence-electron chi connectivity index (χ0n) is 49.8. The number of rotatable bonds is 15. The molecule has 19 nitrogen and oxygen atoms in total. The van der Waals surface area contributed by atoms with Gasteiger partial charge >= 0.3 is 69.0 Å². The van der Waals surface area contributed by atoms with Crippen molar-refractivity contribution < 1.29 is 109 Å². The SMILES string of the molecule is C.C.COCn1ncc(NC(=O)c2cc(Cl)c(C(F)(F)F)cc2Oc2ccc(F)cc2C)cc1=O.Cc1cc(F)ccc1Oc1cc(C(F)(F)F)c(Cl)cc1C(=O)NC1=CC(=O)CN=C1.Cc1cc(F)ccc1Oc1cc(C(F)(F)F)c(Cl)cc1C(=O)Nc1cnn(CO)c(=O)c1.I[I-]I. The standard InChI is InChI=1S/C21H16ClF4N3O4.C20H14ClF4N3O4.C20H13ClF4N2O3.2CH4.I3/c1-11-5-12(23)3-4-17(11)33-18-8-15(21(24,25)26)16(22)7-14(18)20(31)28-13-6-19(30)29(10-32-2)27-9-13;1-10-4-11(22)2-3-16(10)32-17-7-14(20(23,24)25)15(21)6-13(17)19(31)27-12-5-18(30)28(9-29)26-8-12;1-10-4-11(22)2-3-17(10)30-18-7-15(20(23,24)25)16(21)6-14(18)19(29)27-12-5-13(28)9-26-8-12;;;1-3-2/h3-9H,10H2,1-2H3,(H,28,31);2-8,29H,9H2,1H3,(H,27,31);2-8H,9H2,1H3,(H,27,29);2*1H4;/q;;;;;-1. The number of aryl methyl sites for hydroxylation is 3. The number of ketones is 1. The van der Waals surface area contributed by atoms with Crippen LogP contribution in [-0.2, 0) is 41.5 Å². The van der Waals surface area contributed by atoms with E-state index in [9.17, 15) is 81.5 Å². The maximum absolute atomic E-state index is 13.4. The number of allylic oxidation sites excluding steroid dienone is 1. The van der Waals surface area contributed by atoms with Gasteiger partial charge in [-0.05, 0) is 128 Å². The fourth-order valence-corrected chi connectivity index (χ4v) is 8.93. The van der Waals surface area contributed by atoms with Crippen molar-refractivity contribution in [2.24, 2.45) is 4.99 Å². The Balaban J connectivity index is 0.000000309. The molecule has 0 saturated heterocycles. The predicted octanol–water partition coefficient (Wildman–Crippen LogP) is 14.3. The maximum atomic E-state index is 13.4. The zero-order valence-corrected chi connectivity index (χ0v) is 58.6. The quantitative estimate of drug-likeness (QED) is 0.0552. The van der Waals surface area contributed by atoms with Crippen LogP contribution >= 0.6 is 72.0 Å². The topological polar surface area (TPSA) is 244 Å². The summed E-state index contributed by atoms with van der Waals surface area (Å²) in [5.74, 6) is -6.09. The van der Waals surface area contributed by atoms with Crippen molar-refractivity contribution in [3.05, 3.63) is 231 Å². The van der Waals surface area contributed by atoms with E-state index in [-0.39, 0.29) is 96.0 Å². The molecule has 100 heavy (non-hydrogen) atoms. The second-order valence-electron chi connectivity index (χ2n) is 19.7. The Morgan fingerprint density at radius 1 is 0.540 bits per heavy atom. The number of aliphatic imine (C=N–C) groups is 1. The van der Waals surface area contributed by atoms with E-state index < -0.39 is 121 Å². The number of carbonyl (C=O) groups is 4. The number of carbonyl (C=O) groups excluding carboxylic acids is 4. The molecular formula is C63H51Cl3F12I3N8O11-. The van der Waals surface area contributed by atoms with Crippen LogP contribution in [0.1, 0.15) is 79.3 Å². The Labute approximate surface area is 604 Å². The number of benzene rings is 6. The summed E-state index contributed by atoms with van der Waals surface area (Å²) in [6.07, 6.45) is -9.84. The van der Waals surface area contributed by atoms with E-state index in [1.807, 2.05) is 0 Å². The van der Waals surface area contributed by atoms with E-state index in [2.05, 4.69) is 68.4 Å². The van der Waals surface area contributed by atoms with E-state index in [1.165, 1.54) is 52.3 Å². The Kier molecular flexibility index (Phi) is 31.4. The third-order valence-corrected chi connectivity index (χ3v) is 13.6. The number of hydrogen-bond acceptors (Lipinski definition) is 14. The van der Waals surface area contributed by atoms with E-state index >= 15 is 0 Å². The number of nitrogens with zero attached hydrogens (tertiary/aromatic N) is 5. The Morgan fingerprint density at radius 2 is 0.870 bits per heavy atom. The number of dihydropyridines is 1. The number of anilines is 2. The fraction of sp³-hybridized carbons (Fsp3) is 0.190. The van der Waals surface area contributed by atoms with Crippen molar-refractivity contribution in [2.45, 2.75) is 67.6 Å². The number of hydrogen-bond donors (Lipinski definition) is 4. The monoisotopic (exact) mass is 1810 g/mol. The first kappa shape index (κ1) is 84.5. The summed E-state index contributed by atoms with van der Waals surface area (Å²) in [4.78, 5) is 77.2. The molecule has 4 N–H and O–H groups in total. The van der Waals surface area contributed by atoms with Gasteiger partial charge in [-0.3, -0.25) is 33.8 Å². The van der Waals surface area contributed by atoms with Crippen LogP contribution in [0.25, 0.3) is 0 Å². The second-order valence-corrected chi connectivity index (χ2v) is 37.2. The van der Waals surface area contributed by atoms with Crippen LogP contribution < -0.4 is 54.5 Å². The van der Waals surface area contributed by atoms with E-state index in [4.69, 9.17) is 58.9 Å². The minimum absolute atomic E-state index is 0. The summed E-state index contributed by atoms with van der Waals surface area (Å²) in [6.45, 7) is 3.59. The molecule has 3 amide bonds. The van der Waals surface area contributed by atoms with Crippen LogP contribution in [0.15, 0.2) is 142 Å². The Morgan fingerprint density at radius 3 is 1.16 bits per heavy atom. The molecule has 37 heteroatoms. The van der Waals surface area contributed by atoms with E-state index in [1.54, 1.807) is 0 Å². The average Bonchev–Trinajstić information content (AvgIpc) is 0.799. The van der Waals surface area contributed by atoms with Gasteiger partial charge < -0.3 is 40.0 Å². The van der Waals surface area contributed by atoms with Crippen LogP contribution in [0.3, 0.4) is 0 Å². The number of alkyl halides is 9. The molecule has 3 heterocycles. The van der Waals surface area contributed by atoms with Gasteiger partial charge in [0, 0.05) is 31.5 Å². The van der Waals surface area contributed by atoms with Gasteiger partial charge in [-0.2, -0.15) is 49.7 Å². The molecule has 9 rings (SSSR count). The second kappa shape index (κ2) is 37.2. The first-order valence-corrected chi connectivity index (χ1v) is 40.5. The molecule has 0 radical (unpaired) electrons. The van der Waals surface area contributed by atoms with Gasteiger partial charge in [0.15, 0.2) is 5.78 Å². The molecule has 1 aliphatic rings. The van der Waals surface area contributed by atoms with Gasteiger partial charge in [0.05, 0.1) is 77.9 Å². The summed E-state index contributed by atoms with van der Waals surface area (Å²) in [5.41, 5.74) is -5.18.